The van der Waals surface area contributed by atoms with E-state index in [9.17, 15) is 4.79 Å². The van der Waals surface area contributed by atoms with Crippen LogP contribution in [0.15, 0.2) is 40.8 Å². The topological polar surface area (TPSA) is 67.5 Å². The summed E-state index contributed by atoms with van der Waals surface area (Å²) in [6, 6.07) is 9.02. The van der Waals surface area contributed by atoms with Crippen molar-refractivity contribution in [3.8, 4) is 0 Å². The van der Waals surface area contributed by atoms with Crippen molar-refractivity contribution in [2.45, 2.75) is 0 Å². The van der Waals surface area contributed by atoms with Gasteiger partial charge in [-0.25, -0.2) is 10.2 Å². The Labute approximate surface area is 90.0 Å². The number of amides is 2. The van der Waals surface area contributed by atoms with Crippen molar-refractivity contribution in [1.29, 1.82) is 0 Å². The van der Waals surface area contributed by atoms with E-state index >= 15 is 0 Å². The first kappa shape index (κ1) is 9.67. The van der Waals surface area contributed by atoms with Gasteiger partial charge >= 0.3 is 6.03 Å². The maximum atomic E-state index is 10.5. The number of nitrogens with two attached hydrogens (primary N) is 1. The van der Waals surface area contributed by atoms with Crippen LogP contribution in [0.4, 0.5) is 4.79 Å². The molecule has 2 aromatic rings. The number of rotatable bonds is 1. The summed E-state index contributed by atoms with van der Waals surface area (Å²) in [6.45, 7) is 0. The van der Waals surface area contributed by atoms with E-state index in [1.54, 1.807) is 11.3 Å². The van der Waals surface area contributed by atoms with E-state index in [0.29, 0.717) is 5.36 Å². The van der Waals surface area contributed by atoms with Gasteiger partial charge in [-0.15, -0.1) is 11.3 Å². The normalized spacial score (nSPS) is 11.6. The average molecular weight is 219 g/mol. The molecule has 2 rings (SSSR count). The van der Waals surface area contributed by atoms with Gasteiger partial charge in [0.2, 0.25) is 0 Å². The van der Waals surface area contributed by atoms with Crippen molar-refractivity contribution in [2.75, 3.05) is 0 Å². The van der Waals surface area contributed by atoms with E-state index in [2.05, 4.69) is 10.5 Å². The molecule has 0 fully saturated rings. The third-order valence-corrected chi connectivity index (χ3v) is 2.75. The fourth-order valence-electron chi connectivity index (χ4n) is 1.26. The molecule has 1 aromatic heterocycles. The highest BCUT2D eigenvalue weighted by Crippen LogP contribution is 2.13. The lowest BCUT2D eigenvalue weighted by Crippen LogP contribution is -2.26. The second-order valence-corrected chi connectivity index (χ2v) is 3.84. The zero-order valence-corrected chi connectivity index (χ0v) is 8.62. The minimum absolute atomic E-state index is 0.661. The van der Waals surface area contributed by atoms with Gasteiger partial charge in [-0.3, -0.25) is 0 Å². The van der Waals surface area contributed by atoms with Crippen LogP contribution in [0.5, 0.6) is 0 Å². The first-order valence-corrected chi connectivity index (χ1v) is 5.21. The van der Waals surface area contributed by atoms with E-state index in [1.165, 1.54) is 0 Å². The lowest BCUT2D eigenvalue weighted by atomic mass is 10.2. The molecule has 5 heteroatoms. The molecule has 0 aliphatic carbocycles. The molecule has 0 saturated heterocycles. The molecule has 0 bridgehead atoms. The van der Waals surface area contributed by atoms with Crippen LogP contribution < -0.4 is 16.5 Å². The molecule has 0 aliphatic rings. The summed E-state index contributed by atoms with van der Waals surface area (Å²) in [4.78, 5) is 10.5. The summed E-state index contributed by atoms with van der Waals surface area (Å²) >= 11 is 1.62. The Morgan fingerprint density at radius 1 is 1.33 bits per heavy atom. The maximum Gasteiger partial charge on any atom is 0.332 e. The standard InChI is InChI=1S/C10H9N3OS/c11-10(14)13-12-8-5-6-15-9-4-2-1-3-7(8)9/h1-6H,(H3,11,13,14)/b12-8-. The van der Waals surface area contributed by atoms with E-state index in [-0.39, 0.29) is 0 Å². The van der Waals surface area contributed by atoms with Gasteiger partial charge in [0.1, 0.15) is 0 Å². The van der Waals surface area contributed by atoms with Gasteiger partial charge in [0, 0.05) is 10.1 Å². The molecule has 15 heavy (non-hydrogen) atoms. The van der Waals surface area contributed by atoms with Crippen molar-refractivity contribution >= 4 is 27.5 Å². The third-order valence-electron chi connectivity index (χ3n) is 1.87. The Balaban J connectivity index is 2.60. The van der Waals surface area contributed by atoms with Gasteiger partial charge in [0.25, 0.3) is 0 Å². The van der Waals surface area contributed by atoms with Crippen molar-refractivity contribution in [2.24, 2.45) is 10.8 Å². The molecule has 76 valence electrons. The number of hydrogen-bond donors (Lipinski definition) is 2. The summed E-state index contributed by atoms with van der Waals surface area (Å²) in [5, 5.41) is 7.55. The Morgan fingerprint density at radius 3 is 2.93 bits per heavy atom. The van der Waals surface area contributed by atoms with E-state index in [0.717, 1.165) is 10.1 Å². The number of carbonyl (C=O) groups excluding carboxylic acids is 1. The number of urea groups is 1. The molecule has 0 radical (unpaired) electrons. The summed E-state index contributed by atoms with van der Waals surface area (Å²) in [5.74, 6) is 0. The Bertz CT molecular complexity index is 556. The first-order valence-electron chi connectivity index (χ1n) is 4.33. The first-order chi connectivity index (χ1) is 7.27. The highest BCUT2D eigenvalue weighted by Gasteiger charge is 1.94. The quantitative estimate of drug-likeness (QED) is 0.699. The molecule has 1 aromatic carbocycles. The lowest BCUT2D eigenvalue weighted by Gasteiger charge is -1.96. The van der Waals surface area contributed by atoms with Crippen LogP contribution in [0.25, 0.3) is 10.1 Å². The molecule has 0 atom stereocenters. The smallest absolute Gasteiger partial charge is 0.332 e. The zero-order valence-electron chi connectivity index (χ0n) is 7.81. The average Bonchev–Trinajstić information content (AvgIpc) is 2.26. The molecule has 2 amide bonds. The number of nitrogens with zero attached hydrogens (tertiary/aromatic N) is 1. The summed E-state index contributed by atoms with van der Waals surface area (Å²) in [7, 11) is 0. The molecule has 1 heterocycles. The van der Waals surface area contributed by atoms with Crippen LogP contribution in [0, 0.1) is 0 Å². The number of benzene rings is 1. The van der Waals surface area contributed by atoms with E-state index in [4.69, 9.17) is 5.73 Å². The van der Waals surface area contributed by atoms with Crippen LogP contribution in [0.1, 0.15) is 0 Å². The highest BCUT2D eigenvalue weighted by molar-refractivity contribution is 7.16. The summed E-state index contributed by atoms with van der Waals surface area (Å²) in [6.07, 6.45) is 0. The van der Waals surface area contributed by atoms with Gasteiger partial charge in [0.15, 0.2) is 0 Å². The number of primary amides is 1. The molecule has 0 spiro atoms. The van der Waals surface area contributed by atoms with Crippen LogP contribution >= 0.6 is 11.3 Å². The minimum Gasteiger partial charge on any atom is -0.350 e. The zero-order chi connectivity index (χ0) is 10.7. The van der Waals surface area contributed by atoms with Gasteiger partial charge in [-0.05, 0) is 17.5 Å². The van der Waals surface area contributed by atoms with E-state index < -0.39 is 6.03 Å². The molecule has 3 N–H and O–H groups in total. The monoisotopic (exact) mass is 219 g/mol. The van der Waals surface area contributed by atoms with Crippen LogP contribution in [0.3, 0.4) is 0 Å². The second-order valence-electron chi connectivity index (χ2n) is 2.89. The second kappa shape index (κ2) is 4.10. The highest BCUT2D eigenvalue weighted by atomic mass is 32.1. The predicted molar refractivity (Wildman–Crippen MR) is 60.1 cm³/mol. The lowest BCUT2D eigenvalue weighted by molar-refractivity contribution is 0.249. The Morgan fingerprint density at radius 2 is 2.13 bits per heavy atom. The minimum atomic E-state index is -0.661. The summed E-state index contributed by atoms with van der Waals surface area (Å²) in [5.41, 5.74) is 7.17. The number of carbonyl (C=O) groups is 1. The van der Waals surface area contributed by atoms with Gasteiger partial charge in [0.05, 0.1) is 5.36 Å². The van der Waals surface area contributed by atoms with Crippen molar-refractivity contribution < 1.29 is 4.79 Å². The SMILES string of the molecule is NC(=O)N/N=c1/ccsc2ccccc12. The van der Waals surface area contributed by atoms with Crippen molar-refractivity contribution in [3.05, 3.63) is 41.1 Å². The maximum absolute atomic E-state index is 10.5. The number of nitrogens with one attached hydrogen (secondary N) is 1. The molecular weight excluding hydrogens is 210 g/mol. The fourth-order valence-corrected chi connectivity index (χ4v) is 2.06. The van der Waals surface area contributed by atoms with Gasteiger partial charge in [-0.1, -0.05) is 18.2 Å². The van der Waals surface area contributed by atoms with Crippen LogP contribution in [-0.2, 0) is 0 Å². The largest absolute Gasteiger partial charge is 0.350 e. The van der Waals surface area contributed by atoms with Gasteiger partial charge < -0.3 is 5.73 Å². The van der Waals surface area contributed by atoms with Crippen LogP contribution in [-0.4, -0.2) is 6.03 Å². The molecular formula is C10H9N3OS. The fraction of sp³-hybridized carbons (Fsp3) is 0. The number of fused-ring (bicyclic) bond motifs is 1. The van der Waals surface area contributed by atoms with Crippen LogP contribution in [0.2, 0.25) is 0 Å². The summed E-state index contributed by atoms with van der Waals surface area (Å²) < 4.78 is 1.12. The molecule has 0 unspecified atom stereocenters. The van der Waals surface area contributed by atoms with Crippen molar-refractivity contribution in [1.82, 2.24) is 5.43 Å². The molecule has 0 saturated carbocycles. The molecule has 4 nitrogen and oxygen atoms in total. The Hall–Kier alpha value is -1.88. The van der Waals surface area contributed by atoms with E-state index in [1.807, 2.05) is 35.7 Å². The Kier molecular flexibility index (Phi) is 2.64. The third kappa shape index (κ3) is 2.13. The number of hydrogen-bond acceptors (Lipinski definition) is 3. The van der Waals surface area contributed by atoms with Gasteiger partial charge in [-0.2, -0.15) is 5.10 Å². The molecule has 0 aliphatic heterocycles. The predicted octanol–water partition coefficient (Wildman–Crippen LogP) is 1.39. The van der Waals surface area contributed by atoms with Crippen molar-refractivity contribution in [3.63, 3.8) is 0 Å².